The van der Waals surface area contributed by atoms with E-state index in [1.54, 1.807) is 17.3 Å². The Labute approximate surface area is 148 Å². The maximum Gasteiger partial charge on any atom is 0.255 e. The zero-order valence-electron chi connectivity index (χ0n) is 13.3. The number of fused-ring (bicyclic) bond motifs is 1. The second kappa shape index (κ2) is 7.95. The van der Waals surface area contributed by atoms with Crippen LogP contribution >= 0.6 is 24.8 Å². The molecule has 0 unspecified atom stereocenters. The van der Waals surface area contributed by atoms with Crippen molar-refractivity contribution >= 4 is 41.8 Å². The number of aromatic nitrogens is 3. The summed E-state index contributed by atoms with van der Waals surface area (Å²) in [4.78, 5) is 18.6. The van der Waals surface area contributed by atoms with Crippen LogP contribution in [-0.2, 0) is 6.54 Å². The molecule has 0 radical (unpaired) electrons. The summed E-state index contributed by atoms with van der Waals surface area (Å²) >= 11 is 0. The van der Waals surface area contributed by atoms with Gasteiger partial charge in [-0.15, -0.1) is 24.8 Å². The molecule has 0 saturated carbocycles. The minimum Gasteiger partial charge on any atom is -0.337 e. The average molecular weight is 360 g/mol. The van der Waals surface area contributed by atoms with Crippen molar-refractivity contribution in [2.45, 2.75) is 32.9 Å². The number of nitrogens with zero attached hydrogens (tertiary/aromatic N) is 4. The molecule has 1 aliphatic heterocycles. The Balaban J connectivity index is 0.00000132. The third-order valence-corrected chi connectivity index (χ3v) is 3.77. The van der Waals surface area contributed by atoms with Gasteiger partial charge in [-0.25, -0.2) is 9.67 Å². The van der Waals surface area contributed by atoms with Crippen molar-refractivity contribution in [2.24, 2.45) is 11.7 Å². The van der Waals surface area contributed by atoms with Crippen molar-refractivity contribution in [1.82, 2.24) is 19.7 Å². The highest BCUT2D eigenvalue weighted by Gasteiger charge is 2.25. The van der Waals surface area contributed by atoms with Crippen LogP contribution in [0.4, 0.5) is 0 Å². The normalized spacial score (nSPS) is 17.2. The highest BCUT2D eigenvalue weighted by molar-refractivity contribution is 5.97. The van der Waals surface area contributed by atoms with Gasteiger partial charge in [-0.1, -0.05) is 13.8 Å². The minimum atomic E-state index is 0. The fourth-order valence-corrected chi connectivity index (χ4v) is 2.72. The van der Waals surface area contributed by atoms with Gasteiger partial charge in [0.25, 0.3) is 5.91 Å². The number of hydrogen-bond donors (Lipinski definition) is 1. The average Bonchev–Trinajstić information content (AvgIpc) is 3.04. The van der Waals surface area contributed by atoms with E-state index in [1.165, 1.54) is 0 Å². The fraction of sp³-hybridized carbons (Fsp3) is 0.533. The van der Waals surface area contributed by atoms with E-state index in [-0.39, 0.29) is 36.8 Å². The van der Waals surface area contributed by atoms with Gasteiger partial charge in [-0.05, 0) is 18.4 Å². The molecule has 2 N–H and O–H groups in total. The quantitative estimate of drug-likeness (QED) is 0.910. The second-order valence-corrected chi connectivity index (χ2v) is 6.16. The lowest BCUT2D eigenvalue weighted by molar-refractivity contribution is 0.0790. The molecular formula is C15H23Cl2N5O. The number of rotatable bonds is 3. The molecule has 3 heterocycles. The number of likely N-dealkylation sites (tertiary alicyclic amines) is 1. The number of carbonyl (C=O) groups is 1. The van der Waals surface area contributed by atoms with Gasteiger partial charge in [0.15, 0.2) is 5.65 Å². The standard InChI is InChI=1S/C15H21N5O.2ClH/c1-10(2)8-20-14-11(7-18-20)5-12(6-17-14)15(21)19-4-3-13(16)9-19;;/h5-7,10,13H,3-4,8-9,16H2,1-2H3;2*1H/t13-;;/m1../s1. The van der Waals surface area contributed by atoms with E-state index in [1.807, 2.05) is 10.7 Å². The van der Waals surface area contributed by atoms with Gasteiger partial charge in [0, 0.05) is 37.3 Å². The van der Waals surface area contributed by atoms with Crippen LogP contribution in [0.15, 0.2) is 18.5 Å². The molecule has 1 atom stereocenters. The Kier molecular flexibility index (Phi) is 6.80. The summed E-state index contributed by atoms with van der Waals surface area (Å²) in [6, 6.07) is 1.97. The lowest BCUT2D eigenvalue weighted by atomic mass is 10.2. The van der Waals surface area contributed by atoms with E-state index >= 15 is 0 Å². The largest absolute Gasteiger partial charge is 0.337 e. The predicted octanol–water partition coefficient (Wildman–Crippen LogP) is 2.10. The van der Waals surface area contributed by atoms with E-state index in [2.05, 4.69) is 23.9 Å². The molecule has 6 nitrogen and oxygen atoms in total. The maximum atomic E-state index is 12.4. The molecule has 128 valence electrons. The molecule has 1 fully saturated rings. The molecule has 3 rings (SSSR count). The third-order valence-electron chi connectivity index (χ3n) is 3.77. The first-order chi connectivity index (χ1) is 10.0. The lowest BCUT2D eigenvalue weighted by Crippen LogP contribution is -2.31. The van der Waals surface area contributed by atoms with Crippen LogP contribution in [0.2, 0.25) is 0 Å². The van der Waals surface area contributed by atoms with Crippen molar-refractivity contribution in [1.29, 1.82) is 0 Å². The summed E-state index contributed by atoms with van der Waals surface area (Å²) in [7, 11) is 0. The number of hydrogen-bond acceptors (Lipinski definition) is 4. The third kappa shape index (κ3) is 4.13. The second-order valence-electron chi connectivity index (χ2n) is 6.16. The van der Waals surface area contributed by atoms with Gasteiger partial charge < -0.3 is 10.6 Å². The van der Waals surface area contributed by atoms with E-state index in [4.69, 9.17) is 5.73 Å². The fourth-order valence-electron chi connectivity index (χ4n) is 2.72. The zero-order valence-corrected chi connectivity index (χ0v) is 14.9. The molecule has 2 aromatic rings. The van der Waals surface area contributed by atoms with Crippen LogP contribution in [0.1, 0.15) is 30.6 Å². The van der Waals surface area contributed by atoms with E-state index in [0.717, 1.165) is 30.5 Å². The highest BCUT2D eigenvalue weighted by Crippen LogP contribution is 2.17. The van der Waals surface area contributed by atoms with Gasteiger partial charge in [0.2, 0.25) is 0 Å². The van der Waals surface area contributed by atoms with Gasteiger partial charge in [0.1, 0.15) is 0 Å². The molecule has 1 amide bonds. The van der Waals surface area contributed by atoms with Crippen molar-refractivity contribution in [3.05, 3.63) is 24.0 Å². The summed E-state index contributed by atoms with van der Waals surface area (Å²) in [5.74, 6) is 0.510. The topological polar surface area (TPSA) is 77.0 Å². The monoisotopic (exact) mass is 359 g/mol. The number of halogens is 2. The van der Waals surface area contributed by atoms with E-state index in [0.29, 0.717) is 18.0 Å². The highest BCUT2D eigenvalue weighted by atomic mass is 35.5. The minimum absolute atomic E-state index is 0. The molecule has 0 spiro atoms. The molecule has 1 saturated heterocycles. The summed E-state index contributed by atoms with van der Waals surface area (Å²) in [6.07, 6.45) is 4.29. The van der Waals surface area contributed by atoms with Gasteiger partial charge >= 0.3 is 0 Å². The molecule has 0 bridgehead atoms. The van der Waals surface area contributed by atoms with Gasteiger partial charge in [-0.3, -0.25) is 4.79 Å². The molecule has 0 aromatic carbocycles. The number of amides is 1. The summed E-state index contributed by atoms with van der Waals surface area (Å²) < 4.78 is 1.89. The van der Waals surface area contributed by atoms with Gasteiger partial charge in [-0.2, -0.15) is 5.10 Å². The summed E-state index contributed by atoms with van der Waals surface area (Å²) in [5.41, 5.74) is 7.30. The zero-order chi connectivity index (χ0) is 15.0. The Morgan fingerprint density at radius 2 is 2.13 bits per heavy atom. The maximum absolute atomic E-state index is 12.4. The first-order valence-corrected chi connectivity index (χ1v) is 7.41. The lowest BCUT2D eigenvalue weighted by Gasteiger charge is -2.15. The molecule has 8 heteroatoms. The summed E-state index contributed by atoms with van der Waals surface area (Å²) in [5, 5.41) is 5.26. The van der Waals surface area contributed by atoms with Gasteiger partial charge in [0.05, 0.1) is 11.8 Å². The predicted molar refractivity (Wildman–Crippen MR) is 95.4 cm³/mol. The van der Waals surface area contributed by atoms with Crippen molar-refractivity contribution < 1.29 is 4.79 Å². The van der Waals surface area contributed by atoms with Crippen LogP contribution < -0.4 is 5.73 Å². The summed E-state index contributed by atoms with van der Waals surface area (Å²) in [6.45, 7) is 6.46. The first-order valence-electron chi connectivity index (χ1n) is 7.41. The van der Waals surface area contributed by atoms with Crippen molar-refractivity contribution in [3.8, 4) is 0 Å². The molecule has 2 aromatic heterocycles. The molecule has 1 aliphatic rings. The molecular weight excluding hydrogens is 337 g/mol. The van der Waals surface area contributed by atoms with Crippen LogP contribution in [0, 0.1) is 5.92 Å². The van der Waals surface area contributed by atoms with E-state index in [9.17, 15) is 4.79 Å². The van der Waals surface area contributed by atoms with E-state index < -0.39 is 0 Å². The first kappa shape index (κ1) is 19.7. The van der Waals surface area contributed by atoms with Crippen LogP contribution in [0.25, 0.3) is 11.0 Å². The van der Waals surface area contributed by atoms with Crippen LogP contribution in [0.5, 0.6) is 0 Å². The smallest absolute Gasteiger partial charge is 0.255 e. The van der Waals surface area contributed by atoms with Crippen molar-refractivity contribution in [2.75, 3.05) is 13.1 Å². The molecule has 23 heavy (non-hydrogen) atoms. The SMILES string of the molecule is CC(C)Cn1ncc2cc(C(=O)N3CC[C@@H](N)C3)cnc21.Cl.Cl. The Bertz CT molecular complexity index is 673. The Morgan fingerprint density at radius 1 is 1.39 bits per heavy atom. The van der Waals surface area contributed by atoms with Crippen LogP contribution in [0.3, 0.4) is 0 Å². The Morgan fingerprint density at radius 3 is 2.74 bits per heavy atom. The number of carbonyl (C=O) groups excluding carboxylic acids is 1. The number of pyridine rings is 1. The Hall–Kier alpha value is -1.37. The van der Waals surface area contributed by atoms with Crippen molar-refractivity contribution in [3.63, 3.8) is 0 Å². The van der Waals surface area contributed by atoms with Crippen LogP contribution in [-0.4, -0.2) is 44.7 Å². The number of nitrogens with two attached hydrogens (primary N) is 1. The molecule has 0 aliphatic carbocycles.